The number of ketones is 1. The van der Waals surface area contributed by atoms with Crippen LogP contribution in [-0.4, -0.2) is 30.2 Å². The molecule has 1 aromatic heterocycles. The zero-order chi connectivity index (χ0) is 17.6. The number of carbonyl (C=O) groups excluding carboxylic acids is 1. The number of alkyl halides is 3. The van der Waals surface area contributed by atoms with Crippen LogP contribution in [0.3, 0.4) is 0 Å². The second kappa shape index (κ2) is 5.48. The summed E-state index contributed by atoms with van der Waals surface area (Å²) < 4.78 is 63.2. The Balaban J connectivity index is 2.68. The van der Waals surface area contributed by atoms with E-state index in [9.17, 15) is 26.4 Å². The molecule has 2 aromatic rings. The van der Waals surface area contributed by atoms with Gasteiger partial charge in [-0.15, -0.1) is 0 Å². The van der Waals surface area contributed by atoms with Crippen molar-refractivity contribution in [2.75, 3.05) is 6.26 Å². The Kier molecular flexibility index (Phi) is 4.10. The maximum absolute atomic E-state index is 12.8. The quantitative estimate of drug-likeness (QED) is 0.800. The minimum atomic E-state index is -4.71. The van der Waals surface area contributed by atoms with Gasteiger partial charge in [-0.1, -0.05) is 0 Å². The molecule has 9 heteroatoms. The average molecular weight is 345 g/mol. The van der Waals surface area contributed by atoms with E-state index in [1.165, 1.54) is 18.7 Å². The van der Waals surface area contributed by atoms with E-state index < -0.39 is 32.3 Å². The summed E-state index contributed by atoms with van der Waals surface area (Å²) in [6, 6.07) is 2.00. The summed E-state index contributed by atoms with van der Waals surface area (Å²) in [6.07, 6.45) is -1.36. The van der Waals surface area contributed by atoms with Crippen molar-refractivity contribution in [3.8, 4) is 0 Å². The third kappa shape index (κ3) is 3.44. The van der Waals surface area contributed by atoms with Crippen LogP contribution in [0.4, 0.5) is 13.2 Å². The van der Waals surface area contributed by atoms with Gasteiger partial charge in [0, 0.05) is 18.9 Å². The SMILES string of the molecule is Cc1nn(C)[c]c1C(=O)c1ccc(C(F)(F)F)cc1S(C)(=O)=O. The Morgan fingerprint density at radius 2 is 1.91 bits per heavy atom. The number of nitrogens with zero attached hydrogens (tertiary/aromatic N) is 2. The van der Waals surface area contributed by atoms with Gasteiger partial charge in [-0.3, -0.25) is 9.48 Å². The predicted molar refractivity (Wildman–Crippen MR) is 74.8 cm³/mol. The van der Waals surface area contributed by atoms with E-state index >= 15 is 0 Å². The summed E-state index contributed by atoms with van der Waals surface area (Å²) in [6.45, 7) is 1.52. The predicted octanol–water partition coefficient (Wildman–Crippen LogP) is 2.18. The van der Waals surface area contributed by atoms with E-state index in [-0.39, 0.29) is 11.1 Å². The van der Waals surface area contributed by atoms with Crippen LogP contribution in [0.25, 0.3) is 0 Å². The summed E-state index contributed by atoms with van der Waals surface area (Å²) in [5.74, 6) is -0.746. The largest absolute Gasteiger partial charge is 0.416 e. The van der Waals surface area contributed by atoms with Crippen molar-refractivity contribution in [3.05, 3.63) is 46.8 Å². The lowest BCUT2D eigenvalue weighted by molar-refractivity contribution is -0.137. The van der Waals surface area contributed by atoms with Gasteiger partial charge in [0.2, 0.25) is 0 Å². The average Bonchev–Trinajstić information content (AvgIpc) is 2.74. The van der Waals surface area contributed by atoms with E-state index in [0.717, 1.165) is 12.3 Å². The van der Waals surface area contributed by atoms with E-state index in [2.05, 4.69) is 11.3 Å². The molecule has 0 fully saturated rings. The normalized spacial score (nSPS) is 12.4. The highest BCUT2D eigenvalue weighted by Gasteiger charge is 2.33. The smallest absolute Gasteiger partial charge is 0.288 e. The van der Waals surface area contributed by atoms with Crippen LogP contribution in [-0.2, 0) is 23.1 Å². The fourth-order valence-electron chi connectivity index (χ4n) is 2.09. The minimum absolute atomic E-state index is 0.0113. The highest BCUT2D eigenvalue weighted by molar-refractivity contribution is 7.90. The second-order valence-corrected chi connectivity index (χ2v) is 6.99. The minimum Gasteiger partial charge on any atom is -0.288 e. The van der Waals surface area contributed by atoms with Crippen molar-refractivity contribution >= 4 is 15.6 Å². The number of rotatable bonds is 3. The Morgan fingerprint density at radius 3 is 2.35 bits per heavy atom. The topological polar surface area (TPSA) is 69.0 Å². The van der Waals surface area contributed by atoms with E-state index in [0.29, 0.717) is 17.8 Å². The molecule has 2 rings (SSSR count). The molecule has 5 nitrogen and oxygen atoms in total. The molecule has 0 aliphatic carbocycles. The fourth-order valence-corrected chi connectivity index (χ4v) is 2.99. The summed E-state index contributed by atoms with van der Waals surface area (Å²) >= 11 is 0. The van der Waals surface area contributed by atoms with Gasteiger partial charge in [-0.25, -0.2) is 8.42 Å². The molecule has 0 atom stereocenters. The van der Waals surface area contributed by atoms with E-state index in [1.807, 2.05) is 0 Å². The molecule has 1 radical (unpaired) electrons. The maximum atomic E-state index is 12.8. The van der Waals surface area contributed by atoms with Crippen molar-refractivity contribution in [2.24, 2.45) is 7.05 Å². The Bertz CT molecular complexity index is 883. The molecule has 0 spiro atoms. The van der Waals surface area contributed by atoms with Crippen molar-refractivity contribution in [2.45, 2.75) is 18.0 Å². The van der Waals surface area contributed by atoms with Crippen LogP contribution in [0.2, 0.25) is 0 Å². The van der Waals surface area contributed by atoms with Crippen LogP contribution >= 0.6 is 0 Å². The number of sulfone groups is 1. The van der Waals surface area contributed by atoms with Crippen molar-refractivity contribution in [1.82, 2.24) is 9.78 Å². The molecular weight excluding hydrogens is 333 g/mol. The van der Waals surface area contributed by atoms with Crippen molar-refractivity contribution in [3.63, 3.8) is 0 Å². The Hall–Kier alpha value is -2.16. The van der Waals surface area contributed by atoms with Gasteiger partial charge in [0.05, 0.1) is 27.9 Å². The number of hydrogen-bond donors (Lipinski definition) is 0. The third-order valence-corrected chi connectivity index (χ3v) is 4.25. The summed E-state index contributed by atoms with van der Waals surface area (Å²) in [5.41, 5.74) is -1.16. The molecule has 1 aromatic carbocycles. The van der Waals surface area contributed by atoms with Gasteiger partial charge in [0.25, 0.3) is 0 Å². The molecule has 0 aliphatic rings. The molecule has 23 heavy (non-hydrogen) atoms. The van der Waals surface area contributed by atoms with Gasteiger partial charge in [-0.2, -0.15) is 18.3 Å². The third-order valence-electron chi connectivity index (χ3n) is 3.12. The van der Waals surface area contributed by atoms with Crippen LogP contribution in [0.5, 0.6) is 0 Å². The molecule has 0 unspecified atom stereocenters. The lowest BCUT2D eigenvalue weighted by atomic mass is 10.0. The molecule has 123 valence electrons. The lowest BCUT2D eigenvalue weighted by Crippen LogP contribution is -2.13. The number of aryl methyl sites for hydroxylation is 2. The second-order valence-electron chi connectivity index (χ2n) is 5.01. The molecule has 0 amide bonds. The first-order chi connectivity index (χ1) is 10.4. The maximum Gasteiger partial charge on any atom is 0.416 e. The number of benzene rings is 1. The monoisotopic (exact) mass is 345 g/mol. The first kappa shape index (κ1) is 17.2. The van der Waals surface area contributed by atoms with Gasteiger partial charge < -0.3 is 0 Å². The van der Waals surface area contributed by atoms with Gasteiger partial charge in [0.1, 0.15) is 0 Å². The van der Waals surface area contributed by atoms with Crippen molar-refractivity contribution < 1.29 is 26.4 Å². The zero-order valence-corrected chi connectivity index (χ0v) is 13.2. The van der Waals surface area contributed by atoms with Gasteiger partial charge >= 0.3 is 6.18 Å². The highest BCUT2D eigenvalue weighted by atomic mass is 32.2. The summed E-state index contributed by atoms with van der Waals surface area (Å²) in [7, 11) is -2.52. The number of halogens is 3. The fraction of sp³-hybridized carbons (Fsp3) is 0.286. The standard InChI is InChI=1S/C14H12F3N2O3S/c1-8-11(7-19(2)18-8)13(20)10-5-4-9(14(15,16)17)6-12(10)23(3,21)22/h4-6H,1-3H3. The van der Waals surface area contributed by atoms with Gasteiger partial charge in [-0.05, 0) is 25.1 Å². The van der Waals surface area contributed by atoms with Crippen LogP contribution in [0, 0.1) is 13.1 Å². The molecule has 0 saturated heterocycles. The molecule has 0 bridgehead atoms. The van der Waals surface area contributed by atoms with E-state index in [4.69, 9.17) is 0 Å². The first-order valence-corrected chi connectivity index (χ1v) is 8.19. The molecular formula is C14H12F3N2O3S. The number of hydrogen-bond acceptors (Lipinski definition) is 4. The first-order valence-electron chi connectivity index (χ1n) is 6.30. The summed E-state index contributed by atoms with van der Waals surface area (Å²) in [4.78, 5) is 11.8. The van der Waals surface area contributed by atoms with Crippen LogP contribution in [0.1, 0.15) is 27.2 Å². The Morgan fingerprint density at radius 1 is 1.30 bits per heavy atom. The van der Waals surface area contributed by atoms with Crippen LogP contribution < -0.4 is 0 Å². The van der Waals surface area contributed by atoms with Crippen molar-refractivity contribution in [1.29, 1.82) is 0 Å². The zero-order valence-electron chi connectivity index (χ0n) is 12.4. The summed E-state index contributed by atoms with van der Waals surface area (Å²) in [5, 5.41) is 3.92. The molecule has 0 aliphatic heterocycles. The lowest BCUT2D eigenvalue weighted by Gasteiger charge is -2.11. The molecule has 0 N–H and O–H groups in total. The number of carbonyl (C=O) groups is 1. The van der Waals surface area contributed by atoms with E-state index in [1.54, 1.807) is 0 Å². The molecule has 1 heterocycles. The van der Waals surface area contributed by atoms with Gasteiger partial charge in [0.15, 0.2) is 15.6 Å². The van der Waals surface area contributed by atoms with Crippen LogP contribution in [0.15, 0.2) is 23.1 Å². The Labute approximate surface area is 130 Å². The number of aromatic nitrogens is 2. The highest BCUT2D eigenvalue weighted by Crippen LogP contribution is 2.32. The molecule has 0 saturated carbocycles.